The molecule has 140 valence electrons. The number of phenols is 1. The minimum Gasteiger partial charge on any atom is -0.503 e. The molecule has 0 atom stereocenters. The van der Waals surface area contributed by atoms with Gasteiger partial charge in [-0.2, -0.15) is 0 Å². The van der Waals surface area contributed by atoms with Gasteiger partial charge in [-0.05, 0) is 74.7 Å². The number of carbonyl (C=O) groups is 2. The molecule has 0 aliphatic carbocycles. The molecule has 9 heteroatoms. The number of halogens is 3. The predicted molar refractivity (Wildman–Crippen MR) is 110 cm³/mol. The highest BCUT2D eigenvalue weighted by Crippen LogP contribution is 2.42. The van der Waals surface area contributed by atoms with Crippen molar-refractivity contribution in [3.05, 3.63) is 55.4 Å². The number of ether oxygens (including phenoxy) is 1. The van der Waals surface area contributed by atoms with Crippen LogP contribution in [0.4, 0.5) is 5.69 Å². The fraction of sp³-hybridized carbons (Fsp3) is 0.111. The molecule has 0 radical (unpaired) electrons. The lowest BCUT2D eigenvalue weighted by Gasteiger charge is -2.14. The van der Waals surface area contributed by atoms with Crippen molar-refractivity contribution >= 4 is 67.0 Å². The summed E-state index contributed by atoms with van der Waals surface area (Å²) in [6.45, 7) is 2.13. The molecule has 2 aromatic carbocycles. The Labute approximate surface area is 177 Å². The summed E-state index contributed by atoms with van der Waals surface area (Å²) < 4.78 is 6.24. The van der Waals surface area contributed by atoms with E-state index in [1.165, 1.54) is 6.08 Å². The lowest BCUT2D eigenvalue weighted by molar-refractivity contribution is -0.117. The smallest absolute Gasteiger partial charge is 0.282 e. The normalized spacial score (nSPS) is 15.4. The topological polar surface area (TPSA) is 78.9 Å². The van der Waals surface area contributed by atoms with E-state index in [1.807, 2.05) is 0 Å². The average molecular weight is 517 g/mol. The van der Waals surface area contributed by atoms with Crippen LogP contribution in [0.3, 0.4) is 0 Å². The maximum atomic E-state index is 12.7. The first kappa shape index (κ1) is 19.7. The van der Waals surface area contributed by atoms with Crippen molar-refractivity contribution in [3.8, 4) is 11.5 Å². The summed E-state index contributed by atoms with van der Waals surface area (Å²) in [4.78, 5) is 25.1. The highest BCUT2D eigenvalue weighted by molar-refractivity contribution is 9.13. The fourth-order valence-electron chi connectivity index (χ4n) is 2.49. The minimum absolute atomic E-state index is 0.0595. The number of aromatic hydroxyl groups is 1. The van der Waals surface area contributed by atoms with Crippen LogP contribution in [0.5, 0.6) is 11.5 Å². The molecule has 2 N–H and O–H groups in total. The van der Waals surface area contributed by atoms with E-state index < -0.39 is 11.8 Å². The maximum Gasteiger partial charge on any atom is 0.282 e. The Bertz CT molecular complexity index is 978. The second-order valence-corrected chi connectivity index (χ2v) is 7.52. The molecule has 2 aromatic rings. The third kappa shape index (κ3) is 3.83. The van der Waals surface area contributed by atoms with Gasteiger partial charge >= 0.3 is 0 Å². The second kappa shape index (κ2) is 7.92. The molecule has 1 fully saturated rings. The van der Waals surface area contributed by atoms with E-state index in [-0.39, 0.29) is 17.1 Å². The van der Waals surface area contributed by atoms with Crippen LogP contribution in [0, 0.1) is 0 Å². The molecule has 0 aromatic heterocycles. The van der Waals surface area contributed by atoms with Gasteiger partial charge in [0, 0.05) is 9.50 Å². The molecule has 1 aliphatic heterocycles. The molecule has 6 nitrogen and oxygen atoms in total. The van der Waals surface area contributed by atoms with Gasteiger partial charge in [0.15, 0.2) is 11.5 Å². The van der Waals surface area contributed by atoms with Gasteiger partial charge in [0.1, 0.15) is 5.57 Å². The predicted octanol–water partition coefficient (Wildman–Crippen LogP) is 4.43. The van der Waals surface area contributed by atoms with Crippen LogP contribution in [-0.4, -0.2) is 23.5 Å². The van der Waals surface area contributed by atoms with Crippen molar-refractivity contribution in [2.24, 2.45) is 0 Å². The minimum atomic E-state index is -0.547. The third-order valence-corrected chi connectivity index (χ3v) is 6.13. The molecule has 1 aliphatic rings. The van der Waals surface area contributed by atoms with Crippen LogP contribution in [0.15, 0.2) is 44.9 Å². The number of amides is 2. The summed E-state index contributed by atoms with van der Waals surface area (Å²) in [6, 6.07) is 8.13. The summed E-state index contributed by atoms with van der Waals surface area (Å²) >= 11 is 12.6. The average Bonchev–Trinajstić information content (AvgIpc) is 2.92. The summed E-state index contributed by atoms with van der Waals surface area (Å²) in [6.07, 6.45) is 1.43. The highest BCUT2D eigenvalue weighted by Gasteiger charge is 2.35. The van der Waals surface area contributed by atoms with Gasteiger partial charge in [0.2, 0.25) is 0 Å². The summed E-state index contributed by atoms with van der Waals surface area (Å²) in [5, 5.41) is 11.7. The van der Waals surface area contributed by atoms with Crippen molar-refractivity contribution in [1.29, 1.82) is 0 Å². The van der Waals surface area contributed by atoms with Crippen molar-refractivity contribution in [2.75, 3.05) is 11.6 Å². The maximum absolute atomic E-state index is 12.7. The first-order chi connectivity index (χ1) is 12.8. The largest absolute Gasteiger partial charge is 0.503 e. The summed E-state index contributed by atoms with van der Waals surface area (Å²) in [7, 11) is 0. The molecule has 0 unspecified atom stereocenters. The van der Waals surface area contributed by atoms with Gasteiger partial charge < -0.3 is 9.84 Å². The number of nitrogens with zero attached hydrogens (tertiary/aromatic N) is 1. The Kier molecular flexibility index (Phi) is 5.78. The fourth-order valence-corrected chi connectivity index (χ4v) is 3.52. The molecule has 2 amide bonds. The first-order valence-electron chi connectivity index (χ1n) is 7.80. The standard InChI is InChI=1S/C18H13Br2ClN2O4/c1-2-27-13-7-9(14(19)15(20)16(13)24)6-12-17(25)22-23(18(12)26)11-5-3-4-10(21)8-11/h3-8,24H,2H2,1H3,(H,22,25)/b12-6-. The van der Waals surface area contributed by atoms with Crippen LogP contribution in [0.25, 0.3) is 6.08 Å². The molecule has 0 spiro atoms. The number of rotatable bonds is 4. The van der Waals surface area contributed by atoms with Gasteiger partial charge in [-0.15, -0.1) is 0 Å². The zero-order valence-corrected chi connectivity index (χ0v) is 17.9. The first-order valence-corrected chi connectivity index (χ1v) is 9.76. The SMILES string of the molecule is CCOc1cc(/C=C2/C(=O)NN(c3cccc(Cl)c3)C2=O)c(Br)c(Br)c1O. The van der Waals surface area contributed by atoms with Crippen LogP contribution in [0.1, 0.15) is 12.5 Å². The van der Waals surface area contributed by atoms with Gasteiger partial charge in [-0.1, -0.05) is 17.7 Å². The molecule has 1 saturated heterocycles. The Morgan fingerprint density at radius 2 is 2.00 bits per heavy atom. The Morgan fingerprint density at radius 3 is 2.67 bits per heavy atom. The van der Waals surface area contributed by atoms with Gasteiger partial charge in [0.05, 0.1) is 16.8 Å². The van der Waals surface area contributed by atoms with Gasteiger partial charge in [-0.25, -0.2) is 5.01 Å². The van der Waals surface area contributed by atoms with E-state index in [1.54, 1.807) is 37.3 Å². The Balaban J connectivity index is 2.02. The van der Waals surface area contributed by atoms with Crippen LogP contribution >= 0.6 is 43.5 Å². The molecule has 0 bridgehead atoms. The zero-order chi connectivity index (χ0) is 19.7. The number of hydrogen-bond acceptors (Lipinski definition) is 4. The van der Waals surface area contributed by atoms with Crippen molar-refractivity contribution in [1.82, 2.24) is 5.43 Å². The molecule has 1 heterocycles. The summed E-state index contributed by atoms with van der Waals surface area (Å²) in [5.74, 6) is -0.907. The molecular weight excluding hydrogens is 503 g/mol. The third-order valence-electron chi connectivity index (χ3n) is 3.73. The van der Waals surface area contributed by atoms with Crippen LogP contribution in [0.2, 0.25) is 5.02 Å². The number of nitrogens with one attached hydrogen (secondary N) is 1. The number of benzene rings is 2. The number of hydrogen-bond donors (Lipinski definition) is 2. The van der Waals surface area contributed by atoms with E-state index in [2.05, 4.69) is 37.3 Å². The second-order valence-electron chi connectivity index (χ2n) is 5.49. The van der Waals surface area contributed by atoms with Crippen molar-refractivity contribution in [3.63, 3.8) is 0 Å². The number of phenolic OH excluding ortho intramolecular Hbond substituents is 1. The lowest BCUT2D eigenvalue weighted by atomic mass is 10.1. The Morgan fingerprint density at radius 1 is 1.26 bits per heavy atom. The highest BCUT2D eigenvalue weighted by atomic mass is 79.9. The van der Waals surface area contributed by atoms with E-state index >= 15 is 0 Å². The monoisotopic (exact) mass is 514 g/mol. The molecule has 0 saturated carbocycles. The molecule has 3 rings (SSSR count). The van der Waals surface area contributed by atoms with Crippen LogP contribution < -0.4 is 15.2 Å². The van der Waals surface area contributed by atoms with Crippen LogP contribution in [-0.2, 0) is 9.59 Å². The van der Waals surface area contributed by atoms with E-state index in [0.29, 0.717) is 31.8 Å². The van der Waals surface area contributed by atoms with Gasteiger partial charge in [0.25, 0.3) is 11.8 Å². The van der Waals surface area contributed by atoms with Gasteiger partial charge in [-0.3, -0.25) is 15.0 Å². The van der Waals surface area contributed by atoms with Crippen molar-refractivity contribution in [2.45, 2.75) is 6.92 Å². The summed E-state index contributed by atoms with van der Waals surface area (Å²) in [5.41, 5.74) is 3.40. The number of carbonyl (C=O) groups excluding carboxylic acids is 2. The van der Waals surface area contributed by atoms with Crippen molar-refractivity contribution < 1.29 is 19.4 Å². The zero-order valence-electron chi connectivity index (χ0n) is 13.9. The Hall–Kier alpha value is -2.03. The van der Waals surface area contributed by atoms with E-state index in [4.69, 9.17) is 16.3 Å². The number of hydrazine groups is 1. The lowest BCUT2D eigenvalue weighted by Crippen LogP contribution is -2.35. The quantitative estimate of drug-likeness (QED) is 0.466. The number of anilines is 1. The molecular formula is C18H13Br2ClN2O4. The van der Waals surface area contributed by atoms with E-state index in [9.17, 15) is 14.7 Å². The molecule has 27 heavy (non-hydrogen) atoms. The van der Waals surface area contributed by atoms with E-state index in [0.717, 1.165) is 5.01 Å².